The van der Waals surface area contributed by atoms with E-state index in [1.807, 2.05) is 6.07 Å². The molecule has 1 aromatic rings. The van der Waals surface area contributed by atoms with Crippen molar-refractivity contribution in [3.63, 3.8) is 0 Å². The maximum Gasteiger partial charge on any atom is 0.269 e. The normalized spacial score (nSPS) is 17.3. The lowest BCUT2D eigenvalue weighted by atomic mass is 9.87. The first-order valence-corrected chi connectivity index (χ1v) is 5.49. The molecule has 1 aliphatic rings. The summed E-state index contributed by atoms with van der Waals surface area (Å²) in [5, 5.41) is 10.8. The quantitative estimate of drug-likeness (QED) is 0.568. The molecule has 0 fully saturated rings. The molecule has 1 aliphatic heterocycles. The Kier molecular flexibility index (Phi) is 2.37. The Morgan fingerprint density at radius 2 is 2.19 bits per heavy atom. The van der Waals surface area contributed by atoms with Gasteiger partial charge in [0.25, 0.3) is 5.69 Å². The number of nitrogens with zero attached hydrogens (tertiary/aromatic N) is 2. The van der Waals surface area contributed by atoms with Crippen LogP contribution in [-0.4, -0.2) is 18.0 Å². The van der Waals surface area contributed by atoms with Crippen molar-refractivity contribution in [3.8, 4) is 0 Å². The van der Waals surface area contributed by atoms with Gasteiger partial charge in [0, 0.05) is 36.3 Å². The van der Waals surface area contributed by atoms with Gasteiger partial charge in [-0.2, -0.15) is 0 Å². The Labute approximate surface area is 95.0 Å². The van der Waals surface area contributed by atoms with E-state index in [0.29, 0.717) is 0 Å². The van der Waals surface area contributed by atoms with E-state index in [2.05, 4.69) is 25.7 Å². The van der Waals surface area contributed by atoms with Crippen LogP contribution in [0.1, 0.15) is 26.3 Å². The van der Waals surface area contributed by atoms with Gasteiger partial charge in [-0.15, -0.1) is 0 Å². The summed E-state index contributed by atoms with van der Waals surface area (Å²) < 4.78 is 0. The molecule has 0 bridgehead atoms. The van der Waals surface area contributed by atoms with E-state index in [-0.39, 0.29) is 16.0 Å². The van der Waals surface area contributed by atoms with Gasteiger partial charge in [0.1, 0.15) is 0 Å². The van der Waals surface area contributed by atoms with E-state index in [0.717, 1.165) is 24.3 Å². The molecule has 0 unspecified atom stereocenters. The van der Waals surface area contributed by atoms with Gasteiger partial charge in [-0.1, -0.05) is 13.8 Å². The number of nitro benzene ring substituents is 1. The second-order valence-electron chi connectivity index (χ2n) is 4.86. The molecule has 0 saturated carbocycles. The molecule has 0 atom stereocenters. The predicted octanol–water partition coefficient (Wildman–Crippen LogP) is 2.71. The standard InChI is InChI=1S/C12H16N2O2/c1-4-13-8-12(2,3)10-7-9(14(15)16)5-6-11(10)13/h5-7H,4,8H2,1-3H3. The molecule has 0 saturated heterocycles. The predicted molar refractivity (Wildman–Crippen MR) is 64.0 cm³/mol. The van der Waals surface area contributed by atoms with Gasteiger partial charge >= 0.3 is 0 Å². The highest BCUT2D eigenvalue weighted by Crippen LogP contribution is 2.41. The fourth-order valence-corrected chi connectivity index (χ4v) is 2.39. The number of anilines is 1. The number of nitro groups is 1. The summed E-state index contributed by atoms with van der Waals surface area (Å²) >= 11 is 0. The van der Waals surface area contributed by atoms with Crippen LogP contribution < -0.4 is 4.90 Å². The second kappa shape index (κ2) is 3.47. The molecule has 0 radical (unpaired) electrons. The summed E-state index contributed by atoms with van der Waals surface area (Å²) in [6.07, 6.45) is 0. The highest BCUT2D eigenvalue weighted by atomic mass is 16.6. The summed E-state index contributed by atoms with van der Waals surface area (Å²) in [6.45, 7) is 8.23. The molecule has 2 rings (SSSR count). The van der Waals surface area contributed by atoms with Crippen molar-refractivity contribution in [1.29, 1.82) is 0 Å². The van der Waals surface area contributed by atoms with E-state index in [1.54, 1.807) is 12.1 Å². The number of non-ortho nitro benzene ring substituents is 1. The summed E-state index contributed by atoms with van der Waals surface area (Å²) in [4.78, 5) is 12.7. The summed E-state index contributed by atoms with van der Waals surface area (Å²) in [7, 11) is 0. The average Bonchev–Trinajstić information content (AvgIpc) is 2.50. The van der Waals surface area contributed by atoms with E-state index in [4.69, 9.17) is 0 Å². The van der Waals surface area contributed by atoms with Crippen LogP contribution in [-0.2, 0) is 5.41 Å². The lowest BCUT2D eigenvalue weighted by molar-refractivity contribution is -0.384. The van der Waals surface area contributed by atoms with Gasteiger partial charge in [0.2, 0.25) is 0 Å². The third-order valence-electron chi connectivity index (χ3n) is 3.23. The van der Waals surface area contributed by atoms with Crippen LogP contribution in [0, 0.1) is 10.1 Å². The summed E-state index contributed by atoms with van der Waals surface area (Å²) in [5.74, 6) is 0. The van der Waals surface area contributed by atoms with Gasteiger partial charge < -0.3 is 4.90 Å². The smallest absolute Gasteiger partial charge is 0.269 e. The SMILES string of the molecule is CCN1CC(C)(C)c2cc([N+](=O)[O-])ccc21. The fourth-order valence-electron chi connectivity index (χ4n) is 2.39. The number of hydrogen-bond donors (Lipinski definition) is 0. The zero-order valence-electron chi connectivity index (χ0n) is 9.86. The van der Waals surface area contributed by atoms with Crippen LogP contribution in [0.4, 0.5) is 11.4 Å². The van der Waals surface area contributed by atoms with E-state index >= 15 is 0 Å². The number of benzene rings is 1. The fraction of sp³-hybridized carbons (Fsp3) is 0.500. The van der Waals surface area contributed by atoms with E-state index < -0.39 is 0 Å². The highest BCUT2D eigenvalue weighted by molar-refractivity contribution is 5.65. The third-order valence-corrected chi connectivity index (χ3v) is 3.23. The summed E-state index contributed by atoms with van der Waals surface area (Å²) in [6, 6.07) is 5.17. The minimum Gasteiger partial charge on any atom is -0.371 e. The molecule has 0 aliphatic carbocycles. The Morgan fingerprint density at radius 3 is 2.75 bits per heavy atom. The van der Waals surface area contributed by atoms with Gasteiger partial charge in [-0.05, 0) is 18.6 Å². The van der Waals surface area contributed by atoms with Crippen molar-refractivity contribution < 1.29 is 4.92 Å². The van der Waals surface area contributed by atoms with Crippen LogP contribution >= 0.6 is 0 Å². The van der Waals surface area contributed by atoms with Crippen molar-refractivity contribution >= 4 is 11.4 Å². The molecule has 86 valence electrons. The molecular formula is C12H16N2O2. The van der Waals surface area contributed by atoms with E-state index in [9.17, 15) is 10.1 Å². The van der Waals surface area contributed by atoms with Crippen molar-refractivity contribution in [2.24, 2.45) is 0 Å². The monoisotopic (exact) mass is 220 g/mol. The minimum absolute atomic E-state index is 0.00262. The van der Waals surface area contributed by atoms with Crippen LogP contribution in [0.15, 0.2) is 18.2 Å². The maximum atomic E-state index is 10.8. The second-order valence-corrected chi connectivity index (χ2v) is 4.86. The highest BCUT2D eigenvalue weighted by Gasteiger charge is 2.35. The number of hydrogen-bond acceptors (Lipinski definition) is 3. The topological polar surface area (TPSA) is 46.4 Å². The third kappa shape index (κ3) is 1.54. The molecule has 4 heteroatoms. The van der Waals surface area contributed by atoms with Crippen LogP contribution in [0.5, 0.6) is 0 Å². The van der Waals surface area contributed by atoms with Crippen molar-refractivity contribution in [2.45, 2.75) is 26.2 Å². The largest absolute Gasteiger partial charge is 0.371 e. The molecule has 0 amide bonds. The first kappa shape index (κ1) is 10.9. The number of fused-ring (bicyclic) bond motifs is 1. The molecule has 0 spiro atoms. The van der Waals surface area contributed by atoms with Crippen LogP contribution in [0.2, 0.25) is 0 Å². The number of likely N-dealkylation sites (N-methyl/N-ethyl adjacent to an activating group) is 1. The average molecular weight is 220 g/mol. The molecule has 16 heavy (non-hydrogen) atoms. The lowest BCUT2D eigenvalue weighted by Crippen LogP contribution is -2.28. The zero-order valence-corrected chi connectivity index (χ0v) is 9.86. The first-order valence-electron chi connectivity index (χ1n) is 5.49. The van der Waals surface area contributed by atoms with Gasteiger partial charge in [0.05, 0.1) is 4.92 Å². The van der Waals surface area contributed by atoms with Crippen LogP contribution in [0.25, 0.3) is 0 Å². The Balaban J connectivity index is 2.54. The van der Waals surface area contributed by atoms with Crippen molar-refractivity contribution in [3.05, 3.63) is 33.9 Å². The Bertz CT molecular complexity index is 441. The maximum absolute atomic E-state index is 10.8. The molecule has 4 nitrogen and oxygen atoms in total. The van der Waals surface area contributed by atoms with Gasteiger partial charge in [-0.25, -0.2) is 0 Å². The first-order chi connectivity index (χ1) is 7.45. The van der Waals surface area contributed by atoms with E-state index in [1.165, 1.54) is 0 Å². The van der Waals surface area contributed by atoms with Crippen LogP contribution in [0.3, 0.4) is 0 Å². The Hall–Kier alpha value is -1.58. The molecule has 1 heterocycles. The molecule has 0 aromatic heterocycles. The molecule has 1 aromatic carbocycles. The zero-order chi connectivity index (χ0) is 11.9. The van der Waals surface area contributed by atoms with Crippen molar-refractivity contribution in [1.82, 2.24) is 0 Å². The minimum atomic E-state index is -0.328. The van der Waals surface area contributed by atoms with Gasteiger partial charge in [-0.3, -0.25) is 10.1 Å². The molecular weight excluding hydrogens is 204 g/mol. The van der Waals surface area contributed by atoms with Gasteiger partial charge in [0.15, 0.2) is 0 Å². The number of rotatable bonds is 2. The molecule has 0 N–H and O–H groups in total. The Morgan fingerprint density at radius 1 is 1.50 bits per heavy atom. The lowest BCUT2D eigenvalue weighted by Gasteiger charge is -2.20. The summed E-state index contributed by atoms with van der Waals surface area (Å²) in [5.41, 5.74) is 2.41. The van der Waals surface area contributed by atoms with Crippen molar-refractivity contribution in [2.75, 3.05) is 18.0 Å².